The average Bonchev–Trinajstić information content (AvgIpc) is 2.96. The maximum Gasteiger partial charge on any atom is 0.124 e. The fraction of sp³-hybridized carbons (Fsp3) is 0.435. The number of nitrogens with one attached hydrogen (secondary N) is 1. The Morgan fingerprint density at radius 2 is 1.42 bits per heavy atom. The molecule has 3 nitrogen and oxygen atoms in total. The quantitative estimate of drug-likeness (QED) is 0.753. The minimum absolute atomic E-state index is 0.103. The van der Waals surface area contributed by atoms with Crippen LogP contribution >= 0.6 is 0 Å². The Morgan fingerprint density at radius 1 is 0.808 bits per heavy atom. The van der Waals surface area contributed by atoms with Gasteiger partial charge in [-0.05, 0) is 24.0 Å². The molecule has 0 unspecified atom stereocenters. The van der Waals surface area contributed by atoms with Gasteiger partial charge in [-0.3, -0.25) is 4.99 Å². The molecule has 0 radical (unpaired) electrons. The van der Waals surface area contributed by atoms with Crippen LogP contribution in [-0.4, -0.2) is 18.5 Å². The Morgan fingerprint density at radius 3 is 2.08 bits per heavy atom. The molecule has 0 aromatic heterocycles. The second-order valence-corrected chi connectivity index (χ2v) is 7.39. The molecule has 1 aliphatic heterocycles. The number of nitrogens with zero attached hydrogens (tertiary/aromatic N) is 1. The highest BCUT2D eigenvalue weighted by molar-refractivity contribution is 5.86. The predicted octanol–water partition coefficient (Wildman–Crippen LogP) is 5.21. The minimum Gasteiger partial charge on any atom is -0.370 e. The summed E-state index contributed by atoms with van der Waals surface area (Å²) in [5, 5.41) is 3.64. The SMILES string of the molecule is c1ccc([C@H]2N=C(COC3CCCCCC3)N[C@H]2c2ccccc2)cc1. The number of amidine groups is 1. The maximum atomic E-state index is 6.22. The molecule has 2 aliphatic rings. The van der Waals surface area contributed by atoms with E-state index in [1.165, 1.54) is 49.7 Å². The van der Waals surface area contributed by atoms with Crippen molar-refractivity contribution in [3.8, 4) is 0 Å². The van der Waals surface area contributed by atoms with E-state index in [0.717, 1.165) is 5.84 Å². The molecule has 3 heteroatoms. The normalized spacial score (nSPS) is 23.9. The largest absolute Gasteiger partial charge is 0.370 e. The first-order chi connectivity index (χ1) is 12.9. The monoisotopic (exact) mass is 348 g/mol. The molecule has 136 valence electrons. The van der Waals surface area contributed by atoms with Crippen molar-refractivity contribution >= 4 is 5.84 Å². The predicted molar refractivity (Wildman–Crippen MR) is 106 cm³/mol. The molecule has 4 rings (SSSR count). The molecule has 2 atom stereocenters. The number of hydrogen-bond donors (Lipinski definition) is 1. The van der Waals surface area contributed by atoms with Crippen molar-refractivity contribution in [3.05, 3.63) is 71.8 Å². The van der Waals surface area contributed by atoms with Crippen LogP contribution in [0.5, 0.6) is 0 Å². The molecule has 0 bridgehead atoms. The van der Waals surface area contributed by atoms with E-state index in [4.69, 9.17) is 9.73 Å². The van der Waals surface area contributed by atoms with Crippen LogP contribution in [0.4, 0.5) is 0 Å². The van der Waals surface area contributed by atoms with Crippen LogP contribution in [0.1, 0.15) is 61.7 Å². The Balaban J connectivity index is 1.48. The van der Waals surface area contributed by atoms with E-state index in [-0.39, 0.29) is 12.1 Å². The molecule has 1 fully saturated rings. The van der Waals surface area contributed by atoms with Crippen molar-refractivity contribution in [2.75, 3.05) is 6.61 Å². The third kappa shape index (κ3) is 4.16. The van der Waals surface area contributed by atoms with Crippen LogP contribution < -0.4 is 5.32 Å². The third-order valence-electron chi connectivity index (χ3n) is 5.49. The standard InChI is InChI=1S/C23H28N2O/c1-2-10-16-20(15-9-1)26-17-21-24-22(18-11-5-3-6-12-18)23(25-21)19-13-7-4-8-14-19/h3-8,11-14,20,22-23H,1-2,9-10,15-17H2,(H,24,25)/t22-,23+. The second-order valence-electron chi connectivity index (χ2n) is 7.39. The molecular weight excluding hydrogens is 320 g/mol. The van der Waals surface area contributed by atoms with Gasteiger partial charge in [0.05, 0.1) is 12.1 Å². The smallest absolute Gasteiger partial charge is 0.124 e. The van der Waals surface area contributed by atoms with Gasteiger partial charge >= 0.3 is 0 Å². The number of benzene rings is 2. The summed E-state index contributed by atoms with van der Waals surface area (Å²) in [6.07, 6.45) is 8.08. The highest BCUT2D eigenvalue weighted by atomic mass is 16.5. The molecule has 2 aromatic rings. The fourth-order valence-corrected chi connectivity index (χ4v) is 4.07. The van der Waals surface area contributed by atoms with E-state index < -0.39 is 0 Å². The van der Waals surface area contributed by atoms with Crippen molar-refractivity contribution in [3.63, 3.8) is 0 Å². The maximum absolute atomic E-state index is 6.22. The highest BCUT2D eigenvalue weighted by Crippen LogP contribution is 2.36. The van der Waals surface area contributed by atoms with Gasteiger partial charge in [0.2, 0.25) is 0 Å². The first-order valence-corrected chi connectivity index (χ1v) is 9.95. The van der Waals surface area contributed by atoms with E-state index in [1.807, 2.05) is 0 Å². The summed E-state index contributed by atoms with van der Waals surface area (Å²) in [6.45, 7) is 0.595. The topological polar surface area (TPSA) is 33.6 Å². The van der Waals surface area contributed by atoms with Crippen LogP contribution in [0, 0.1) is 0 Å². The molecule has 0 saturated heterocycles. The molecule has 26 heavy (non-hydrogen) atoms. The molecule has 1 saturated carbocycles. The van der Waals surface area contributed by atoms with Gasteiger partial charge in [0, 0.05) is 0 Å². The summed E-state index contributed by atoms with van der Waals surface area (Å²) in [5.41, 5.74) is 2.52. The summed E-state index contributed by atoms with van der Waals surface area (Å²) in [5.74, 6) is 0.983. The van der Waals surface area contributed by atoms with Crippen LogP contribution in [0.25, 0.3) is 0 Å². The summed E-state index contributed by atoms with van der Waals surface area (Å²) in [4.78, 5) is 5.00. The van der Waals surface area contributed by atoms with Crippen molar-refractivity contribution in [1.29, 1.82) is 0 Å². The zero-order chi connectivity index (χ0) is 17.6. The lowest BCUT2D eigenvalue weighted by Crippen LogP contribution is -2.29. The zero-order valence-electron chi connectivity index (χ0n) is 15.3. The van der Waals surface area contributed by atoms with Crippen LogP contribution in [-0.2, 0) is 4.74 Å². The van der Waals surface area contributed by atoms with E-state index in [1.54, 1.807) is 0 Å². The van der Waals surface area contributed by atoms with Gasteiger partial charge in [0.1, 0.15) is 18.5 Å². The van der Waals surface area contributed by atoms with Crippen molar-refractivity contribution < 1.29 is 4.74 Å². The van der Waals surface area contributed by atoms with Gasteiger partial charge < -0.3 is 10.1 Å². The van der Waals surface area contributed by atoms with Crippen LogP contribution in [0.2, 0.25) is 0 Å². The zero-order valence-corrected chi connectivity index (χ0v) is 15.3. The first kappa shape index (κ1) is 17.3. The first-order valence-electron chi connectivity index (χ1n) is 9.95. The van der Waals surface area contributed by atoms with E-state index in [0.29, 0.717) is 12.7 Å². The van der Waals surface area contributed by atoms with E-state index in [9.17, 15) is 0 Å². The van der Waals surface area contributed by atoms with Gasteiger partial charge in [-0.2, -0.15) is 0 Å². The molecular formula is C23H28N2O. The lowest BCUT2D eigenvalue weighted by atomic mass is 9.95. The minimum atomic E-state index is 0.103. The number of ether oxygens (including phenoxy) is 1. The van der Waals surface area contributed by atoms with Crippen LogP contribution in [0.3, 0.4) is 0 Å². The summed E-state index contributed by atoms with van der Waals surface area (Å²) in [7, 11) is 0. The number of rotatable bonds is 5. The summed E-state index contributed by atoms with van der Waals surface area (Å²) < 4.78 is 6.22. The fourth-order valence-electron chi connectivity index (χ4n) is 4.07. The van der Waals surface area contributed by atoms with E-state index >= 15 is 0 Å². The lowest BCUT2D eigenvalue weighted by molar-refractivity contribution is 0.0690. The molecule has 1 heterocycles. The molecule has 1 N–H and O–H groups in total. The van der Waals surface area contributed by atoms with Gasteiger partial charge in [-0.1, -0.05) is 86.3 Å². The lowest BCUT2D eigenvalue weighted by Gasteiger charge is -2.20. The Hall–Kier alpha value is -2.13. The summed E-state index contributed by atoms with van der Waals surface area (Å²) >= 11 is 0. The molecule has 0 spiro atoms. The van der Waals surface area contributed by atoms with Crippen molar-refractivity contribution in [2.45, 2.75) is 56.7 Å². The Labute approximate surface area is 156 Å². The Kier molecular flexibility index (Phi) is 5.65. The van der Waals surface area contributed by atoms with Crippen molar-refractivity contribution in [1.82, 2.24) is 5.32 Å². The van der Waals surface area contributed by atoms with Gasteiger partial charge in [-0.15, -0.1) is 0 Å². The number of hydrogen-bond acceptors (Lipinski definition) is 3. The van der Waals surface area contributed by atoms with Crippen molar-refractivity contribution in [2.24, 2.45) is 4.99 Å². The Bertz CT molecular complexity index is 706. The van der Waals surface area contributed by atoms with Gasteiger partial charge in [0.25, 0.3) is 0 Å². The van der Waals surface area contributed by atoms with Gasteiger partial charge in [0.15, 0.2) is 0 Å². The number of aliphatic imine (C=N–C) groups is 1. The molecule has 2 aromatic carbocycles. The second kappa shape index (κ2) is 8.50. The van der Waals surface area contributed by atoms with Crippen LogP contribution in [0.15, 0.2) is 65.7 Å². The third-order valence-corrected chi connectivity index (χ3v) is 5.49. The molecule has 1 aliphatic carbocycles. The van der Waals surface area contributed by atoms with E-state index in [2.05, 4.69) is 66.0 Å². The molecule has 0 amide bonds. The summed E-state index contributed by atoms with van der Waals surface area (Å²) in [6, 6.07) is 21.5. The average molecular weight is 348 g/mol. The van der Waals surface area contributed by atoms with Gasteiger partial charge in [-0.25, -0.2) is 0 Å². The highest BCUT2D eigenvalue weighted by Gasteiger charge is 2.31.